The molecule has 0 saturated heterocycles. The molecule has 17 heavy (non-hydrogen) atoms. The molecule has 0 saturated carbocycles. The first-order chi connectivity index (χ1) is 7.91. The molecule has 94 valence electrons. The Bertz CT molecular complexity index is 386. The third-order valence-electron chi connectivity index (χ3n) is 2.80. The first kappa shape index (κ1) is 13.9. The SMILES string of the molecule is C=C[C@@H](c1ccsc1)[C@](O)(CC(C)C)C(N)=O. The summed E-state index contributed by atoms with van der Waals surface area (Å²) in [5.41, 5.74) is 4.69. The molecular weight excluding hydrogens is 234 g/mol. The van der Waals surface area contributed by atoms with Crippen LogP contribution in [0.3, 0.4) is 0 Å². The Kier molecular flexibility index (Phi) is 4.48. The third kappa shape index (κ3) is 2.96. The van der Waals surface area contributed by atoms with E-state index < -0.39 is 17.4 Å². The van der Waals surface area contributed by atoms with Gasteiger partial charge < -0.3 is 10.8 Å². The number of nitrogens with two attached hydrogens (primary N) is 1. The minimum Gasteiger partial charge on any atom is -0.379 e. The fourth-order valence-electron chi connectivity index (χ4n) is 2.06. The quantitative estimate of drug-likeness (QED) is 0.764. The molecule has 1 heterocycles. The van der Waals surface area contributed by atoms with Crippen molar-refractivity contribution in [1.82, 2.24) is 0 Å². The van der Waals surface area contributed by atoms with E-state index in [4.69, 9.17) is 5.73 Å². The molecule has 0 spiro atoms. The van der Waals surface area contributed by atoms with Crippen molar-refractivity contribution in [3.05, 3.63) is 35.0 Å². The first-order valence-corrected chi connectivity index (χ1v) is 6.53. The van der Waals surface area contributed by atoms with Crippen LogP contribution in [-0.4, -0.2) is 16.6 Å². The average Bonchev–Trinajstić information content (AvgIpc) is 2.70. The summed E-state index contributed by atoms with van der Waals surface area (Å²) in [6.07, 6.45) is 1.92. The van der Waals surface area contributed by atoms with Crippen LogP contribution in [0.15, 0.2) is 29.5 Å². The molecule has 4 heteroatoms. The van der Waals surface area contributed by atoms with E-state index in [0.29, 0.717) is 6.42 Å². The summed E-state index contributed by atoms with van der Waals surface area (Å²) in [5, 5.41) is 14.4. The van der Waals surface area contributed by atoms with Gasteiger partial charge in [0, 0.05) is 5.92 Å². The molecular formula is C13H19NO2S. The van der Waals surface area contributed by atoms with Gasteiger partial charge in [0.05, 0.1) is 0 Å². The molecule has 1 aromatic rings. The summed E-state index contributed by atoms with van der Waals surface area (Å²) in [5.74, 6) is -0.968. The fraction of sp³-hybridized carbons (Fsp3) is 0.462. The molecule has 2 atom stereocenters. The van der Waals surface area contributed by atoms with E-state index in [-0.39, 0.29) is 5.92 Å². The molecule has 0 aliphatic rings. The predicted octanol–water partition coefficient (Wildman–Crippen LogP) is 2.28. The highest BCUT2D eigenvalue weighted by Gasteiger charge is 2.42. The lowest BCUT2D eigenvalue weighted by Crippen LogP contribution is -2.49. The molecule has 1 rings (SSSR count). The zero-order chi connectivity index (χ0) is 13.1. The number of amides is 1. The maximum Gasteiger partial charge on any atom is 0.250 e. The summed E-state index contributed by atoms with van der Waals surface area (Å²) in [6, 6.07) is 1.88. The van der Waals surface area contributed by atoms with Gasteiger partial charge in [-0.2, -0.15) is 11.3 Å². The molecule has 3 nitrogen and oxygen atoms in total. The molecule has 1 aromatic heterocycles. The van der Waals surface area contributed by atoms with E-state index in [2.05, 4.69) is 6.58 Å². The van der Waals surface area contributed by atoms with Gasteiger partial charge >= 0.3 is 0 Å². The zero-order valence-electron chi connectivity index (χ0n) is 10.2. The van der Waals surface area contributed by atoms with Crippen LogP contribution in [-0.2, 0) is 4.79 Å². The number of aliphatic hydroxyl groups is 1. The zero-order valence-corrected chi connectivity index (χ0v) is 11.0. The number of hydrogen-bond donors (Lipinski definition) is 2. The Balaban J connectivity index is 3.11. The molecule has 0 aliphatic heterocycles. The van der Waals surface area contributed by atoms with E-state index >= 15 is 0 Å². The topological polar surface area (TPSA) is 63.3 Å². The summed E-state index contributed by atoms with van der Waals surface area (Å²) >= 11 is 1.52. The molecule has 3 N–H and O–H groups in total. The summed E-state index contributed by atoms with van der Waals surface area (Å²) in [6.45, 7) is 7.60. The molecule has 0 aromatic carbocycles. The first-order valence-electron chi connectivity index (χ1n) is 5.58. The maximum atomic E-state index is 11.6. The normalized spacial score (nSPS) is 16.5. The van der Waals surface area contributed by atoms with Crippen molar-refractivity contribution in [3.63, 3.8) is 0 Å². The van der Waals surface area contributed by atoms with E-state index in [1.165, 1.54) is 11.3 Å². The van der Waals surface area contributed by atoms with Crippen molar-refractivity contribution in [1.29, 1.82) is 0 Å². The van der Waals surface area contributed by atoms with Crippen molar-refractivity contribution in [2.75, 3.05) is 0 Å². The smallest absolute Gasteiger partial charge is 0.250 e. The lowest BCUT2D eigenvalue weighted by molar-refractivity contribution is -0.139. The Morgan fingerprint density at radius 2 is 2.35 bits per heavy atom. The second-order valence-electron chi connectivity index (χ2n) is 4.66. The van der Waals surface area contributed by atoms with Crippen molar-refractivity contribution in [2.45, 2.75) is 31.8 Å². The predicted molar refractivity (Wildman–Crippen MR) is 70.9 cm³/mol. The van der Waals surface area contributed by atoms with Crippen LogP contribution >= 0.6 is 11.3 Å². The maximum absolute atomic E-state index is 11.6. The van der Waals surface area contributed by atoms with E-state index in [1.54, 1.807) is 6.08 Å². The van der Waals surface area contributed by atoms with Gasteiger partial charge in [-0.25, -0.2) is 0 Å². The van der Waals surface area contributed by atoms with Crippen molar-refractivity contribution in [2.24, 2.45) is 11.7 Å². The number of primary amides is 1. The van der Waals surface area contributed by atoms with Gasteiger partial charge in [-0.3, -0.25) is 4.79 Å². The molecule has 0 fully saturated rings. The molecule has 0 bridgehead atoms. The van der Waals surface area contributed by atoms with Crippen LogP contribution in [0, 0.1) is 5.92 Å². The van der Waals surface area contributed by atoms with Crippen LogP contribution in [0.2, 0.25) is 0 Å². The summed E-state index contributed by atoms with van der Waals surface area (Å²) in [7, 11) is 0. The van der Waals surface area contributed by atoms with Crippen molar-refractivity contribution >= 4 is 17.2 Å². The standard InChI is InChI=1S/C13H19NO2S/c1-4-11(10-5-6-17-8-10)13(16,12(14)15)7-9(2)3/h4-6,8-9,11,16H,1,7H2,2-3H3,(H2,14,15)/t11-,13+/m0/s1. The van der Waals surface area contributed by atoms with Gasteiger partial charge in [0.2, 0.25) is 5.91 Å². The average molecular weight is 253 g/mol. The number of carbonyl (C=O) groups is 1. The van der Waals surface area contributed by atoms with Gasteiger partial charge in [-0.15, -0.1) is 6.58 Å². The number of carbonyl (C=O) groups excluding carboxylic acids is 1. The highest BCUT2D eigenvalue weighted by Crippen LogP contribution is 2.35. The van der Waals surface area contributed by atoms with Crippen LogP contribution in [0.5, 0.6) is 0 Å². The molecule has 0 radical (unpaired) electrons. The highest BCUT2D eigenvalue weighted by molar-refractivity contribution is 7.08. The second-order valence-corrected chi connectivity index (χ2v) is 5.44. The Morgan fingerprint density at radius 3 is 2.71 bits per heavy atom. The van der Waals surface area contributed by atoms with Crippen molar-refractivity contribution in [3.8, 4) is 0 Å². The van der Waals surface area contributed by atoms with Crippen LogP contribution < -0.4 is 5.73 Å². The number of thiophene rings is 1. The lowest BCUT2D eigenvalue weighted by Gasteiger charge is -2.32. The lowest BCUT2D eigenvalue weighted by atomic mass is 9.77. The van der Waals surface area contributed by atoms with Crippen LogP contribution in [0.4, 0.5) is 0 Å². The van der Waals surface area contributed by atoms with Gasteiger partial charge in [0.25, 0.3) is 0 Å². The second kappa shape index (κ2) is 5.47. The van der Waals surface area contributed by atoms with E-state index in [1.807, 2.05) is 30.7 Å². The third-order valence-corrected chi connectivity index (χ3v) is 3.50. The summed E-state index contributed by atoms with van der Waals surface area (Å²) in [4.78, 5) is 11.6. The fourth-order valence-corrected chi connectivity index (χ4v) is 2.76. The largest absolute Gasteiger partial charge is 0.379 e. The highest BCUT2D eigenvalue weighted by atomic mass is 32.1. The Hall–Kier alpha value is -1.13. The summed E-state index contributed by atoms with van der Waals surface area (Å²) < 4.78 is 0. The van der Waals surface area contributed by atoms with Gasteiger partial charge in [0.1, 0.15) is 0 Å². The van der Waals surface area contributed by atoms with Crippen LogP contribution in [0.25, 0.3) is 0 Å². The number of hydrogen-bond acceptors (Lipinski definition) is 3. The van der Waals surface area contributed by atoms with E-state index in [0.717, 1.165) is 5.56 Å². The number of rotatable bonds is 6. The Labute approximate surface area is 106 Å². The van der Waals surface area contributed by atoms with Crippen molar-refractivity contribution < 1.29 is 9.90 Å². The molecule has 1 amide bonds. The monoisotopic (exact) mass is 253 g/mol. The molecule has 0 unspecified atom stereocenters. The minimum absolute atomic E-state index is 0.175. The van der Waals surface area contributed by atoms with Gasteiger partial charge in [-0.1, -0.05) is 19.9 Å². The van der Waals surface area contributed by atoms with Crippen LogP contribution in [0.1, 0.15) is 31.7 Å². The Morgan fingerprint density at radius 1 is 1.71 bits per heavy atom. The van der Waals surface area contributed by atoms with E-state index in [9.17, 15) is 9.90 Å². The van der Waals surface area contributed by atoms with Gasteiger partial charge in [0.15, 0.2) is 5.60 Å². The minimum atomic E-state index is -1.56. The molecule has 0 aliphatic carbocycles. The van der Waals surface area contributed by atoms with Gasteiger partial charge in [-0.05, 0) is 34.7 Å².